The molecule has 132 valence electrons. The first-order valence-corrected chi connectivity index (χ1v) is 8.46. The van der Waals surface area contributed by atoms with Gasteiger partial charge in [0.2, 0.25) is 5.91 Å². The molecular weight excluding hydrogens is 318 g/mol. The lowest BCUT2D eigenvalue weighted by atomic mass is 10.1. The Kier molecular flexibility index (Phi) is 5.14. The van der Waals surface area contributed by atoms with E-state index in [1.54, 1.807) is 6.07 Å². The van der Waals surface area contributed by atoms with Gasteiger partial charge in [0.25, 0.3) is 5.56 Å². The highest BCUT2D eigenvalue weighted by Gasteiger charge is 2.26. The number of nitrogens with one attached hydrogen (secondary N) is 2. The zero-order valence-corrected chi connectivity index (χ0v) is 14.5. The first-order valence-electron chi connectivity index (χ1n) is 8.46. The first-order chi connectivity index (χ1) is 12.0. The Morgan fingerprint density at radius 1 is 1.16 bits per heavy atom. The van der Waals surface area contributed by atoms with Gasteiger partial charge < -0.3 is 10.2 Å². The Bertz CT molecular complexity index is 776. The van der Waals surface area contributed by atoms with Crippen LogP contribution in [0, 0.1) is 6.92 Å². The van der Waals surface area contributed by atoms with Crippen LogP contribution in [0.15, 0.2) is 41.2 Å². The Morgan fingerprint density at radius 2 is 1.88 bits per heavy atom. The summed E-state index contributed by atoms with van der Waals surface area (Å²) in [6.07, 6.45) is 0. The van der Waals surface area contributed by atoms with Gasteiger partial charge in [-0.3, -0.25) is 14.5 Å². The smallest absolute Gasteiger partial charge is 0.264 e. The quantitative estimate of drug-likeness (QED) is 0.874. The summed E-state index contributed by atoms with van der Waals surface area (Å²) in [5.41, 5.74) is 1.70. The molecule has 0 radical (unpaired) electrons. The van der Waals surface area contributed by atoms with E-state index in [-0.39, 0.29) is 17.5 Å². The third-order valence-corrected chi connectivity index (χ3v) is 4.63. The van der Waals surface area contributed by atoms with Crippen molar-refractivity contribution in [2.24, 2.45) is 0 Å². The molecule has 1 atom stereocenters. The molecule has 1 aromatic heterocycles. The number of nitrogens with zero attached hydrogens (tertiary/aromatic N) is 3. The van der Waals surface area contributed by atoms with E-state index >= 15 is 0 Å². The summed E-state index contributed by atoms with van der Waals surface area (Å²) in [6.45, 7) is 6.98. The van der Waals surface area contributed by atoms with Gasteiger partial charge in [-0.1, -0.05) is 18.2 Å². The van der Waals surface area contributed by atoms with Gasteiger partial charge in [-0.15, -0.1) is 0 Å². The fourth-order valence-electron chi connectivity index (χ4n) is 2.97. The second-order valence-electron chi connectivity index (χ2n) is 6.28. The minimum Gasteiger partial charge on any atom is -0.353 e. The van der Waals surface area contributed by atoms with Crippen molar-refractivity contribution >= 4 is 17.4 Å². The number of aromatic amines is 1. The second kappa shape index (κ2) is 7.48. The van der Waals surface area contributed by atoms with Crippen molar-refractivity contribution < 1.29 is 4.79 Å². The summed E-state index contributed by atoms with van der Waals surface area (Å²) in [4.78, 5) is 27.9. The molecule has 1 aromatic carbocycles. The van der Waals surface area contributed by atoms with Crippen LogP contribution in [-0.2, 0) is 4.79 Å². The Hall–Kier alpha value is -2.67. The number of carbonyl (C=O) groups excluding carboxylic acids is 1. The van der Waals surface area contributed by atoms with E-state index in [0.29, 0.717) is 0 Å². The van der Waals surface area contributed by atoms with E-state index in [1.807, 2.05) is 38.1 Å². The van der Waals surface area contributed by atoms with Crippen molar-refractivity contribution in [1.29, 1.82) is 0 Å². The highest BCUT2D eigenvalue weighted by Crippen LogP contribution is 2.16. The van der Waals surface area contributed by atoms with Gasteiger partial charge in [0.1, 0.15) is 5.82 Å². The number of benzene rings is 1. The molecule has 0 aliphatic carbocycles. The van der Waals surface area contributed by atoms with Crippen LogP contribution in [0.4, 0.5) is 11.5 Å². The Balaban J connectivity index is 1.56. The number of aromatic nitrogens is 2. The fourth-order valence-corrected chi connectivity index (χ4v) is 2.97. The maximum absolute atomic E-state index is 12.5. The molecule has 2 heterocycles. The number of para-hydroxylation sites is 1. The topological polar surface area (TPSA) is 81.3 Å². The zero-order chi connectivity index (χ0) is 17.8. The van der Waals surface area contributed by atoms with E-state index in [4.69, 9.17) is 0 Å². The van der Waals surface area contributed by atoms with E-state index in [9.17, 15) is 9.59 Å². The van der Waals surface area contributed by atoms with Crippen molar-refractivity contribution in [3.8, 4) is 0 Å². The molecule has 1 aliphatic heterocycles. The minimum atomic E-state index is -0.205. The van der Waals surface area contributed by atoms with Crippen LogP contribution in [0.1, 0.15) is 12.5 Å². The molecule has 1 saturated heterocycles. The maximum atomic E-state index is 12.5. The van der Waals surface area contributed by atoms with E-state index in [0.717, 1.165) is 43.2 Å². The van der Waals surface area contributed by atoms with Gasteiger partial charge in [0.05, 0.1) is 6.04 Å². The highest BCUT2D eigenvalue weighted by atomic mass is 16.2. The number of aryl methyl sites for hydroxylation is 1. The molecular formula is C18H23N5O2. The van der Waals surface area contributed by atoms with Crippen LogP contribution >= 0.6 is 0 Å². The van der Waals surface area contributed by atoms with Crippen molar-refractivity contribution in [1.82, 2.24) is 15.1 Å². The largest absolute Gasteiger partial charge is 0.353 e. The molecule has 1 fully saturated rings. The molecule has 7 nitrogen and oxygen atoms in total. The number of amides is 1. The van der Waals surface area contributed by atoms with Crippen molar-refractivity contribution in [2.45, 2.75) is 19.9 Å². The number of hydrogen-bond donors (Lipinski definition) is 2. The van der Waals surface area contributed by atoms with Crippen molar-refractivity contribution in [3.63, 3.8) is 0 Å². The molecule has 7 heteroatoms. The van der Waals surface area contributed by atoms with Gasteiger partial charge in [-0.2, -0.15) is 5.10 Å². The number of H-pyrrole nitrogens is 1. The average Bonchev–Trinajstić information content (AvgIpc) is 2.64. The lowest BCUT2D eigenvalue weighted by Gasteiger charge is -2.37. The number of carbonyl (C=O) groups is 1. The molecule has 3 rings (SSSR count). The van der Waals surface area contributed by atoms with Gasteiger partial charge in [-0.25, -0.2) is 5.10 Å². The third-order valence-electron chi connectivity index (χ3n) is 4.63. The van der Waals surface area contributed by atoms with E-state index in [2.05, 4.69) is 25.3 Å². The standard InChI is InChI=1S/C18H23N5O2/c1-13-5-3-4-6-15(13)19-18(25)14(2)22-9-11-23(12-10-22)16-7-8-17(24)21-20-16/h3-8,14H,9-12H2,1-2H3,(H,19,25)(H,21,24). The minimum absolute atomic E-state index is 0.00455. The summed E-state index contributed by atoms with van der Waals surface area (Å²) < 4.78 is 0. The number of piperazine rings is 1. The lowest BCUT2D eigenvalue weighted by molar-refractivity contribution is -0.120. The predicted octanol–water partition coefficient (Wildman–Crippen LogP) is 1.23. The second-order valence-corrected chi connectivity index (χ2v) is 6.28. The van der Waals surface area contributed by atoms with Gasteiger partial charge >= 0.3 is 0 Å². The Labute approximate surface area is 146 Å². The first kappa shape index (κ1) is 17.2. The van der Waals surface area contributed by atoms with Crippen LogP contribution < -0.4 is 15.8 Å². The molecule has 0 saturated carbocycles. The molecule has 2 aromatic rings. The Morgan fingerprint density at radius 3 is 2.52 bits per heavy atom. The van der Waals surface area contributed by atoms with Crippen LogP contribution in [0.25, 0.3) is 0 Å². The van der Waals surface area contributed by atoms with Crippen molar-refractivity contribution in [2.75, 3.05) is 36.4 Å². The summed E-state index contributed by atoms with van der Waals surface area (Å²) >= 11 is 0. The average molecular weight is 341 g/mol. The van der Waals surface area contributed by atoms with Gasteiger partial charge in [0, 0.05) is 37.9 Å². The van der Waals surface area contributed by atoms with E-state index in [1.165, 1.54) is 6.07 Å². The maximum Gasteiger partial charge on any atom is 0.264 e. The summed E-state index contributed by atoms with van der Waals surface area (Å²) in [6, 6.07) is 10.8. The van der Waals surface area contributed by atoms with E-state index < -0.39 is 0 Å². The lowest BCUT2D eigenvalue weighted by Crippen LogP contribution is -2.53. The molecule has 0 spiro atoms. The normalized spacial score (nSPS) is 16.5. The summed E-state index contributed by atoms with van der Waals surface area (Å²) in [5, 5.41) is 9.53. The molecule has 1 aliphatic rings. The predicted molar refractivity (Wildman–Crippen MR) is 97.9 cm³/mol. The SMILES string of the molecule is Cc1ccccc1NC(=O)C(C)N1CCN(c2ccc(=O)[nH]n2)CC1. The van der Waals surface area contributed by atoms with Crippen LogP contribution in [0.2, 0.25) is 0 Å². The van der Waals surface area contributed by atoms with Crippen molar-refractivity contribution in [3.05, 3.63) is 52.3 Å². The molecule has 0 bridgehead atoms. The van der Waals surface area contributed by atoms with Crippen LogP contribution in [-0.4, -0.2) is 53.2 Å². The van der Waals surface area contributed by atoms with Gasteiger partial charge in [0.15, 0.2) is 0 Å². The van der Waals surface area contributed by atoms with Gasteiger partial charge in [-0.05, 0) is 31.5 Å². The zero-order valence-electron chi connectivity index (χ0n) is 14.5. The summed E-state index contributed by atoms with van der Waals surface area (Å²) in [7, 11) is 0. The number of anilines is 2. The molecule has 1 amide bonds. The third kappa shape index (κ3) is 4.06. The fraction of sp³-hybridized carbons (Fsp3) is 0.389. The molecule has 25 heavy (non-hydrogen) atoms. The number of rotatable bonds is 4. The molecule has 1 unspecified atom stereocenters. The summed E-state index contributed by atoms with van der Waals surface area (Å²) in [5.74, 6) is 0.765. The molecule has 2 N–H and O–H groups in total. The highest BCUT2D eigenvalue weighted by molar-refractivity contribution is 5.95. The monoisotopic (exact) mass is 341 g/mol. The number of hydrogen-bond acceptors (Lipinski definition) is 5. The van der Waals surface area contributed by atoms with Crippen LogP contribution in [0.3, 0.4) is 0 Å². The van der Waals surface area contributed by atoms with Crippen LogP contribution in [0.5, 0.6) is 0 Å².